The van der Waals surface area contributed by atoms with Crippen molar-refractivity contribution in [2.45, 2.75) is 9.79 Å². The van der Waals surface area contributed by atoms with Crippen LogP contribution in [0.25, 0.3) is 0 Å². The summed E-state index contributed by atoms with van der Waals surface area (Å²) in [5, 5.41) is 1.70. The summed E-state index contributed by atoms with van der Waals surface area (Å²) in [6.45, 7) is 0. The van der Waals surface area contributed by atoms with E-state index >= 15 is 0 Å². The molecule has 0 aromatic heterocycles. The predicted octanol–water partition coefficient (Wildman–Crippen LogP) is 10.4. The highest BCUT2D eigenvalue weighted by Gasteiger charge is 2.22. The van der Waals surface area contributed by atoms with Crippen LogP contribution in [0.5, 0.6) is 0 Å². The highest BCUT2D eigenvalue weighted by Crippen LogP contribution is 2.54. The van der Waals surface area contributed by atoms with Crippen LogP contribution in [0.15, 0.2) is 15.9 Å². The Morgan fingerprint density at radius 1 is 0.435 bits per heavy atom. The summed E-state index contributed by atoms with van der Waals surface area (Å²) in [6.07, 6.45) is 0. The van der Waals surface area contributed by atoms with Crippen LogP contribution < -0.4 is 0 Å². The number of rotatable bonds is 3. The van der Waals surface area contributed by atoms with E-state index in [1.54, 1.807) is 0 Å². The Labute approximate surface area is 185 Å². The Kier molecular flexibility index (Phi) is 7.90. The second kappa shape index (κ2) is 8.63. The molecule has 0 fully saturated rings. The molecule has 2 aromatic carbocycles. The molecule has 2 rings (SSSR count). The van der Waals surface area contributed by atoms with Gasteiger partial charge in [0.05, 0.1) is 55.0 Å². The second-order valence-electron chi connectivity index (χ2n) is 3.86. The maximum atomic E-state index is 6.17. The first kappa shape index (κ1) is 21.1. The molecule has 0 atom stereocenters. The molecular formula is C12HCl9S2. The fourth-order valence-corrected chi connectivity index (χ4v) is 6.93. The average molecular weight is 528 g/mol. The number of hydrogen-bond donors (Lipinski definition) is 0. The Morgan fingerprint density at radius 2 is 0.739 bits per heavy atom. The van der Waals surface area contributed by atoms with Crippen LogP contribution in [0, 0.1) is 0 Å². The maximum Gasteiger partial charge on any atom is 0.0809 e. The molecule has 0 aliphatic heterocycles. The van der Waals surface area contributed by atoms with Crippen molar-refractivity contribution in [3.63, 3.8) is 0 Å². The van der Waals surface area contributed by atoms with Crippen molar-refractivity contribution in [3.05, 3.63) is 51.3 Å². The lowest BCUT2D eigenvalue weighted by atomic mass is 10.3. The normalized spacial score (nSPS) is 11.2. The molecule has 0 amide bonds. The van der Waals surface area contributed by atoms with Crippen molar-refractivity contribution in [1.82, 2.24) is 0 Å². The van der Waals surface area contributed by atoms with Gasteiger partial charge in [0.1, 0.15) is 0 Å². The summed E-state index contributed by atoms with van der Waals surface area (Å²) in [5.41, 5.74) is 0. The van der Waals surface area contributed by atoms with Gasteiger partial charge in [0, 0.05) is 0 Å². The summed E-state index contributed by atoms with van der Waals surface area (Å²) in [6, 6.07) is 1.46. The van der Waals surface area contributed by atoms with E-state index in [4.69, 9.17) is 104 Å². The second-order valence-corrected chi connectivity index (χ2v) is 9.47. The van der Waals surface area contributed by atoms with Crippen molar-refractivity contribution in [2.75, 3.05) is 0 Å². The lowest BCUT2D eigenvalue weighted by molar-refractivity contribution is 1.46. The maximum absolute atomic E-state index is 6.17. The minimum absolute atomic E-state index is 0.0829. The first-order valence-electron chi connectivity index (χ1n) is 5.35. The Morgan fingerprint density at radius 3 is 1.13 bits per heavy atom. The van der Waals surface area contributed by atoms with Gasteiger partial charge >= 0.3 is 0 Å². The third-order valence-electron chi connectivity index (χ3n) is 2.45. The zero-order chi connectivity index (χ0) is 17.5. The van der Waals surface area contributed by atoms with Crippen molar-refractivity contribution < 1.29 is 0 Å². The minimum atomic E-state index is 0.0829. The van der Waals surface area contributed by atoms with Gasteiger partial charge in [-0.3, -0.25) is 0 Å². The molecule has 0 N–H and O–H groups in total. The van der Waals surface area contributed by atoms with Gasteiger partial charge in [0.15, 0.2) is 0 Å². The molecule has 0 saturated heterocycles. The highest BCUT2D eigenvalue weighted by atomic mass is 35.5. The third-order valence-corrected chi connectivity index (χ3v) is 9.23. The van der Waals surface area contributed by atoms with E-state index < -0.39 is 0 Å². The van der Waals surface area contributed by atoms with Crippen molar-refractivity contribution in [3.8, 4) is 0 Å². The topological polar surface area (TPSA) is 0 Å². The summed E-state index contributed by atoms with van der Waals surface area (Å²) < 4.78 is 0. The van der Waals surface area contributed by atoms with Crippen molar-refractivity contribution in [2.24, 2.45) is 0 Å². The van der Waals surface area contributed by atoms with Crippen LogP contribution in [0.1, 0.15) is 0 Å². The smallest absolute Gasteiger partial charge is 0.0809 e. The molecule has 2 aromatic rings. The van der Waals surface area contributed by atoms with Gasteiger partial charge in [-0.1, -0.05) is 104 Å². The summed E-state index contributed by atoms with van der Waals surface area (Å²) in [4.78, 5) is 0.881. The SMILES string of the molecule is Clc1cc(Cl)c(Cl)c(SSc2c(Cl)c(Cl)c(Cl)c(Cl)c2Cl)c1Cl. The first-order chi connectivity index (χ1) is 10.7. The highest BCUT2D eigenvalue weighted by molar-refractivity contribution is 8.76. The first-order valence-corrected chi connectivity index (χ1v) is 10.9. The zero-order valence-corrected chi connectivity index (χ0v) is 18.7. The molecular weight excluding hydrogens is 527 g/mol. The Bertz CT molecular complexity index is 736. The van der Waals surface area contributed by atoms with Crippen molar-refractivity contribution in [1.29, 1.82) is 0 Å². The molecule has 11 heteroatoms. The molecule has 0 nitrogen and oxygen atoms in total. The molecule has 124 valence electrons. The quantitative estimate of drug-likeness (QED) is 0.221. The van der Waals surface area contributed by atoms with E-state index in [-0.39, 0.29) is 45.2 Å². The lowest BCUT2D eigenvalue weighted by Crippen LogP contribution is -1.84. The van der Waals surface area contributed by atoms with Crippen molar-refractivity contribution >= 4 is 126 Å². The van der Waals surface area contributed by atoms with Crippen LogP contribution in [-0.2, 0) is 0 Å². The van der Waals surface area contributed by atoms with Gasteiger partial charge in [-0.2, -0.15) is 0 Å². The fraction of sp³-hybridized carbons (Fsp3) is 0. The molecule has 0 unspecified atom stereocenters. The van der Waals surface area contributed by atoms with E-state index in [0.29, 0.717) is 9.79 Å². The van der Waals surface area contributed by atoms with Gasteiger partial charge in [-0.05, 0) is 27.7 Å². The fourth-order valence-electron chi connectivity index (χ4n) is 1.37. The number of benzene rings is 2. The number of hydrogen-bond acceptors (Lipinski definition) is 2. The molecule has 0 bridgehead atoms. The summed E-state index contributed by atoms with van der Waals surface area (Å²) in [5.74, 6) is 0. The van der Waals surface area contributed by atoms with E-state index in [1.165, 1.54) is 6.07 Å². The lowest BCUT2D eigenvalue weighted by Gasteiger charge is -2.13. The Hall–Kier alpha value is 1.75. The molecule has 0 heterocycles. The van der Waals surface area contributed by atoms with Crippen LogP contribution >= 0.6 is 126 Å². The van der Waals surface area contributed by atoms with Crippen LogP contribution in [-0.4, -0.2) is 0 Å². The van der Waals surface area contributed by atoms with E-state index in [9.17, 15) is 0 Å². The molecule has 0 aliphatic rings. The van der Waals surface area contributed by atoms with Gasteiger partial charge in [-0.25, -0.2) is 0 Å². The minimum Gasteiger partial charge on any atom is -0.0826 e. The predicted molar refractivity (Wildman–Crippen MR) is 110 cm³/mol. The van der Waals surface area contributed by atoms with Gasteiger partial charge < -0.3 is 0 Å². The number of halogens is 9. The van der Waals surface area contributed by atoms with Crippen LogP contribution in [0.4, 0.5) is 0 Å². The average Bonchev–Trinajstić information content (AvgIpc) is 2.52. The standard InChI is InChI=1S/C12HCl9S2/c13-2-1-3(14)5(16)11(4(2)15)22-23-12-9(20)7(18)6(17)8(19)10(12)21/h1H. The van der Waals surface area contributed by atoms with Crippen LogP contribution in [0.2, 0.25) is 45.2 Å². The van der Waals surface area contributed by atoms with E-state index in [2.05, 4.69) is 0 Å². The van der Waals surface area contributed by atoms with Gasteiger partial charge in [0.2, 0.25) is 0 Å². The van der Waals surface area contributed by atoms with Gasteiger partial charge in [0.25, 0.3) is 0 Å². The summed E-state index contributed by atoms with van der Waals surface area (Å²) in [7, 11) is 2.31. The third kappa shape index (κ3) is 4.36. The van der Waals surface area contributed by atoms with E-state index in [1.807, 2.05) is 0 Å². The van der Waals surface area contributed by atoms with Gasteiger partial charge in [-0.15, -0.1) is 0 Å². The monoisotopic (exact) mass is 524 g/mol. The van der Waals surface area contributed by atoms with Crippen LogP contribution in [0.3, 0.4) is 0 Å². The molecule has 0 aliphatic carbocycles. The molecule has 0 radical (unpaired) electrons. The molecule has 0 saturated carbocycles. The zero-order valence-electron chi connectivity index (χ0n) is 10.3. The Balaban J connectivity index is 2.44. The van der Waals surface area contributed by atoms with E-state index in [0.717, 1.165) is 21.6 Å². The summed E-state index contributed by atoms with van der Waals surface area (Å²) >= 11 is 54.7. The molecule has 0 spiro atoms. The molecule has 23 heavy (non-hydrogen) atoms. The largest absolute Gasteiger partial charge is 0.0826 e.